The second-order valence-electron chi connectivity index (χ2n) is 5.55. The monoisotopic (exact) mass is 326 g/mol. The minimum absolute atomic E-state index is 0.272. The average Bonchev–Trinajstić information content (AvgIpc) is 2.89. The molecule has 0 bridgehead atoms. The minimum Gasteiger partial charge on any atom is -0.244 e. The van der Waals surface area contributed by atoms with Crippen molar-refractivity contribution in [2.75, 3.05) is 0 Å². The van der Waals surface area contributed by atoms with Gasteiger partial charge < -0.3 is 0 Å². The highest BCUT2D eigenvalue weighted by molar-refractivity contribution is 6.30. The average molecular weight is 327 g/mol. The van der Waals surface area contributed by atoms with Crippen molar-refractivity contribution < 1.29 is 4.39 Å². The fraction of sp³-hybridized carbons (Fsp3) is 0.118. The Morgan fingerprint density at radius 2 is 1.96 bits per heavy atom. The lowest BCUT2D eigenvalue weighted by molar-refractivity contribution is 0.640. The molecule has 23 heavy (non-hydrogen) atoms. The maximum absolute atomic E-state index is 14.4. The molecule has 6 heteroatoms. The van der Waals surface area contributed by atoms with Crippen molar-refractivity contribution >= 4 is 28.0 Å². The molecule has 0 aliphatic carbocycles. The molecule has 0 atom stereocenters. The Morgan fingerprint density at radius 1 is 1.13 bits per heavy atom. The van der Waals surface area contributed by atoms with E-state index in [1.54, 1.807) is 10.7 Å². The Kier molecular flexibility index (Phi) is 3.06. The van der Waals surface area contributed by atoms with Gasteiger partial charge in [0.15, 0.2) is 5.65 Å². The zero-order valence-electron chi connectivity index (χ0n) is 12.5. The standard InChI is InChI=1S/C17H12ClFN4/c1-9-3-15(22-23-8-10(2)21-17(9)23)11-4-12-7-20-16(18)6-13(12)14(19)5-11/h3-8H,1-2H3. The van der Waals surface area contributed by atoms with Crippen molar-refractivity contribution in [2.45, 2.75) is 13.8 Å². The summed E-state index contributed by atoms with van der Waals surface area (Å²) in [6.07, 6.45) is 3.42. The molecule has 0 radical (unpaired) electrons. The SMILES string of the molecule is Cc1cn2nc(-c3cc(F)c4cc(Cl)ncc4c3)cc(C)c2n1. The summed E-state index contributed by atoms with van der Waals surface area (Å²) < 4.78 is 16.1. The van der Waals surface area contributed by atoms with Crippen molar-refractivity contribution in [3.63, 3.8) is 0 Å². The number of aryl methyl sites for hydroxylation is 2. The third kappa shape index (κ3) is 2.33. The summed E-state index contributed by atoms with van der Waals surface area (Å²) in [7, 11) is 0. The second-order valence-corrected chi connectivity index (χ2v) is 5.94. The van der Waals surface area contributed by atoms with E-state index in [0.717, 1.165) is 16.9 Å². The summed E-state index contributed by atoms with van der Waals surface area (Å²) in [5, 5.41) is 5.94. The van der Waals surface area contributed by atoms with Crippen molar-refractivity contribution in [2.24, 2.45) is 0 Å². The first-order valence-corrected chi connectivity index (χ1v) is 7.48. The van der Waals surface area contributed by atoms with Crippen LogP contribution < -0.4 is 0 Å². The van der Waals surface area contributed by atoms with Crippen LogP contribution in [0, 0.1) is 19.7 Å². The van der Waals surface area contributed by atoms with Crippen LogP contribution in [0.25, 0.3) is 27.7 Å². The van der Waals surface area contributed by atoms with Crippen molar-refractivity contribution in [1.82, 2.24) is 19.6 Å². The van der Waals surface area contributed by atoms with Gasteiger partial charge in [0.2, 0.25) is 0 Å². The number of fused-ring (bicyclic) bond motifs is 2. The van der Waals surface area contributed by atoms with Crippen molar-refractivity contribution in [3.8, 4) is 11.3 Å². The van der Waals surface area contributed by atoms with E-state index in [2.05, 4.69) is 15.1 Å². The molecule has 3 heterocycles. The predicted octanol–water partition coefficient (Wildman–Crippen LogP) is 4.35. The van der Waals surface area contributed by atoms with Crippen LogP contribution in [0.5, 0.6) is 0 Å². The lowest BCUT2D eigenvalue weighted by atomic mass is 10.1. The van der Waals surface area contributed by atoms with E-state index in [0.29, 0.717) is 22.0 Å². The molecule has 0 amide bonds. The van der Waals surface area contributed by atoms with E-state index >= 15 is 0 Å². The fourth-order valence-corrected chi connectivity index (χ4v) is 2.88. The van der Waals surface area contributed by atoms with Gasteiger partial charge in [-0.2, -0.15) is 5.10 Å². The number of halogens is 2. The number of hydrogen-bond donors (Lipinski definition) is 0. The number of rotatable bonds is 1. The van der Waals surface area contributed by atoms with Gasteiger partial charge in [0.25, 0.3) is 0 Å². The molecular weight excluding hydrogens is 315 g/mol. The first-order chi connectivity index (χ1) is 11.0. The molecular formula is C17H12ClFN4. The molecule has 3 aromatic heterocycles. The van der Waals surface area contributed by atoms with E-state index in [1.807, 2.05) is 32.2 Å². The van der Waals surface area contributed by atoms with E-state index in [1.165, 1.54) is 12.1 Å². The predicted molar refractivity (Wildman–Crippen MR) is 88.2 cm³/mol. The van der Waals surface area contributed by atoms with Crippen LogP contribution in [-0.4, -0.2) is 19.6 Å². The van der Waals surface area contributed by atoms with Gasteiger partial charge >= 0.3 is 0 Å². The zero-order chi connectivity index (χ0) is 16.1. The minimum atomic E-state index is -0.344. The number of nitrogens with zero attached hydrogens (tertiary/aromatic N) is 4. The maximum Gasteiger partial charge on any atom is 0.156 e. The highest BCUT2D eigenvalue weighted by Crippen LogP contribution is 2.28. The van der Waals surface area contributed by atoms with Gasteiger partial charge in [-0.25, -0.2) is 18.9 Å². The summed E-state index contributed by atoms with van der Waals surface area (Å²) >= 11 is 5.84. The van der Waals surface area contributed by atoms with Crippen LogP contribution in [0.4, 0.5) is 4.39 Å². The van der Waals surface area contributed by atoms with Gasteiger partial charge in [0.05, 0.1) is 17.6 Å². The quantitative estimate of drug-likeness (QED) is 0.488. The van der Waals surface area contributed by atoms with Crippen molar-refractivity contribution in [3.05, 3.63) is 58.9 Å². The van der Waals surface area contributed by atoms with Gasteiger partial charge in [0, 0.05) is 22.5 Å². The molecule has 4 rings (SSSR count). The third-order valence-corrected chi connectivity index (χ3v) is 3.98. The zero-order valence-corrected chi connectivity index (χ0v) is 13.3. The Bertz CT molecular complexity index is 1070. The molecule has 0 fully saturated rings. The molecule has 1 aromatic carbocycles. The normalized spacial score (nSPS) is 11.5. The highest BCUT2D eigenvalue weighted by atomic mass is 35.5. The number of pyridine rings is 1. The van der Waals surface area contributed by atoms with Gasteiger partial charge in [-0.1, -0.05) is 11.6 Å². The molecule has 0 saturated carbocycles. The largest absolute Gasteiger partial charge is 0.244 e. The Morgan fingerprint density at radius 3 is 2.78 bits per heavy atom. The van der Waals surface area contributed by atoms with Crippen LogP contribution in [0.2, 0.25) is 5.15 Å². The number of aromatic nitrogens is 4. The number of imidazole rings is 1. The molecule has 114 valence electrons. The van der Waals surface area contributed by atoms with Gasteiger partial charge in [-0.05, 0) is 43.7 Å². The summed E-state index contributed by atoms with van der Waals surface area (Å²) in [4.78, 5) is 8.44. The number of hydrogen-bond acceptors (Lipinski definition) is 3. The molecule has 4 aromatic rings. The molecule has 4 nitrogen and oxygen atoms in total. The van der Waals surface area contributed by atoms with Gasteiger partial charge in [0.1, 0.15) is 11.0 Å². The van der Waals surface area contributed by atoms with Gasteiger partial charge in [-0.15, -0.1) is 0 Å². The Hall–Kier alpha value is -2.53. The molecule has 0 aliphatic heterocycles. The van der Waals surface area contributed by atoms with E-state index in [9.17, 15) is 4.39 Å². The molecule has 0 unspecified atom stereocenters. The summed E-state index contributed by atoms with van der Waals surface area (Å²) in [5.41, 5.74) is 4.05. The Labute approximate surface area is 136 Å². The van der Waals surface area contributed by atoms with Crippen LogP contribution in [0.3, 0.4) is 0 Å². The van der Waals surface area contributed by atoms with Crippen LogP contribution in [-0.2, 0) is 0 Å². The first-order valence-electron chi connectivity index (χ1n) is 7.10. The van der Waals surface area contributed by atoms with Crippen molar-refractivity contribution in [1.29, 1.82) is 0 Å². The summed E-state index contributed by atoms with van der Waals surface area (Å²) in [5.74, 6) is -0.344. The highest BCUT2D eigenvalue weighted by Gasteiger charge is 2.11. The van der Waals surface area contributed by atoms with Gasteiger partial charge in [-0.3, -0.25) is 0 Å². The fourth-order valence-electron chi connectivity index (χ4n) is 2.72. The number of benzene rings is 1. The van der Waals surface area contributed by atoms with E-state index in [-0.39, 0.29) is 11.0 Å². The first kappa shape index (κ1) is 14.1. The van der Waals surface area contributed by atoms with Crippen LogP contribution in [0.1, 0.15) is 11.3 Å². The molecule has 0 aliphatic rings. The van der Waals surface area contributed by atoms with Crippen LogP contribution in [0.15, 0.2) is 36.7 Å². The second kappa shape index (κ2) is 4.99. The van der Waals surface area contributed by atoms with E-state index < -0.39 is 0 Å². The summed E-state index contributed by atoms with van der Waals surface area (Å²) in [6, 6.07) is 6.76. The smallest absolute Gasteiger partial charge is 0.156 e. The lowest BCUT2D eigenvalue weighted by Crippen LogP contribution is -1.97. The summed E-state index contributed by atoms with van der Waals surface area (Å²) in [6.45, 7) is 3.88. The van der Waals surface area contributed by atoms with Crippen LogP contribution >= 0.6 is 11.6 Å². The lowest BCUT2D eigenvalue weighted by Gasteiger charge is -2.07. The molecule has 0 N–H and O–H groups in total. The maximum atomic E-state index is 14.4. The molecule has 0 spiro atoms. The van der Waals surface area contributed by atoms with E-state index in [4.69, 9.17) is 11.6 Å². The molecule has 0 saturated heterocycles. The third-order valence-electron chi connectivity index (χ3n) is 3.78. The Balaban J connectivity index is 1.96. The topological polar surface area (TPSA) is 43.1 Å².